The molecule has 0 heterocycles. The molecule has 0 bridgehead atoms. The van der Waals surface area contributed by atoms with E-state index in [4.69, 9.17) is 22.1 Å². The summed E-state index contributed by atoms with van der Waals surface area (Å²) < 4.78 is 72.3. The standard InChI is InChI=1S/C8H4F6O.2ClH.Zr/c9-7(10,11)4-1-5(8(12,13)14)3-6(15)2-4;;;/h1-3,15H;2*1H;/q;;;+2/p-2. The Hall–Kier alpha value is 0.0631. The van der Waals surface area contributed by atoms with Crippen molar-refractivity contribution >= 4 is 17.0 Å². The summed E-state index contributed by atoms with van der Waals surface area (Å²) in [4.78, 5) is 0. The Balaban J connectivity index is 0.000000873. The summed E-state index contributed by atoms with van der Waals surface area (Å²) in [6.07, 6.45) is -9.84. The van der Waals surface area contributed by atoms with Crippen molar-refractivity contribution in [2.45, 2.75) is 12.4 Å². The van der Waals surface area contributed by atoms with E-state index in [9.17, 15) is 26.3 Å². The minimum absolute atomic E-state index is 0.0558. The summed E-state index contributed by atoms with van der Waals surface area (Å²) in [6.45, 7) is 0. The second kappa shape index (κ2) is 7.01. The molecule has 0 amide bonds. The van der Waals surface area contributed by atoms with E-state index in [1.165, 1.54) is 0 Å². The van der Waals surface area contributed by atoms with Crippen molar-refractivity contribution in [3.8, 4) is 5.75 Å². The predicted octanol–water partition coefficient (Wildman–Crippen LogP) is 4.81. The molecule has 1 N–H and O–H groups in total. The first-order chi connectivity index (χ1) is 8.02. The van der Waals surface area contributed by atoms with E-state index in [0.29, 0.717) is 0 Å². The fourth-order valence-electron chi connectivity index (χ4n) is 0.939. The van der Waals surface area contributed by atoms with E-state index in [1.807, 2.05) is 0 Å². The van der Waals surface area contributed by atoms with Gasteiger partial charge in [0.1, 0.15) is 5.75 Å². The van der Waals surface area contributed by atoms with E-state index >= 15 is 0 Å². The molecule has 0 aliphatic rings. The van der Waals surface area contributed by atoms with Gasteiger partial charge in [0.25, 0.3) is 0 Å². The number of hydrogen-bond donors (Lipinski definition) is 1. The Bertz CT molecular complexity index is 360. The number of phenolic OH excluding ortho intramolecular Hbond substituents is 1. The Morgan fingerprint density at radius 3 is 1.33 bits per heavy atom. The van der Waals surface area contributed by atoms with Gasteiger partial charge in [-0.2, -0.15) is 26.3 Å². The van der Waals surface area contributed by atoms with Gasteiger partial charge in [0.15, 0.2) is 0 Å². The molecule has 10 heteroatoms. The molecule has 1 rings (SSSR count). The van der Waals surface area contributed by atoms with Gasteiger partial charge in [-0.1, -0.05) is 0 Å². The van der Waals surface area contributed by atoms with Crippen LogP contribution in [0.3, 0.4) is 0 Å². The van der Waals surface area contributed by atoms with Crippen LogP contribution in [0.4, 0.5) is 26.3 Å². The van der Waals surface area contributed by atoms with Crippen LogP contribution in [-0.2, 0) is 33.2 Å². The molecule has 0 aliphatic carbocycles. The van der Waals surface area contributed by atoms with E-state index in [1.54, 1.807) is 0 Å². The topological polar surface area (TPSA) is 20.2 Å². The van der Waals surface area contributed by atoms with Crippen LogP contribution in [-0.4, -0.2) is 5.11 Å². The third-order valence-corrected chi connectivity index (χ3v) is 1.57. The Kier molecular flexibility index (Phi) is 7.03. The van der Waals surface area contributed by atoms with Gasteiger partial charge in [-0.3, -0.25) is 0 Å². The van der Waals surface area contributed by atoms with Gasteiger partial charge in [0, 0.05) is 0 Å². The van der Waals surface area contributed by atoms with Crippen LogP contribution in [0.2, 0.25) is 0 Å². The Labute approximate surface area is 116 Å². The molecule has 0 atom stereocenters. The third kappa shape index (κ3) is 6.29. The zero-order valence-corrected chi connectivity index (χ0v) is 12.2. The van der Waals surface area contributed by atoms with Crippen LogP contribution in [0.25, 0.3) is 0 Å². The van der Waals surface area contributed by atoms with Crippen LogP contribution in [0.15, 0.2) is 18.2 Å². The molecule has 1 aromatic rings. The molecule has 0 aromatic heterocycles. The number of phenols is 1. The fourth-order valence-corrected chi connectivity index (χ4v) is 0.939. The van der Waals surface area contributed by atoms with Crippen molar-refractivity contribution in [1.29, 1.82) is 0 Å². The number of aromatic hydroxyl groups is 1. The van der Waals surface area contributed by atoms with Gasteiger partial charge in [-0.15, -0.1) is 0 Å². The monoisotopic (exact) mass is 390 g/mol. The second-order valence-corrected chi connectivity index (χ2v) is 6.57. The zero-order chi connectivity index (χ0) is 14.6. The van der Waals surface area contributed by atoms with Crippen LogP contribution in [0.5, 0.6) is 5.75 Å². The normalized spacial score (nSPS) is 11.6. The van der Waals surface area contributed by atoms with E-state index < -0.39 is 50.1 Å². The first kappa shape index (κ1) is 18.1. The van der Waals surface area contributed by atoms with Crippen molar-refractivity contribution in [3.63, 3.8) is 0 Å². The molecule has 0 unspecified atom stereocenters. The van der Waals surface area contributed by atoms with E-state index in [2.05, 4.69) is 0 Å². The van der Waals surface area contributed by atoms with Crippen molar-refractivity contribution in [2.24, 2.45) is 0 Å². The third-order valence-electron chi connectivity index (χ3n) is 1.57. The molecule has 0 radical (unpaired) electrons. The van der Waals surface area contributed by atoms with Gasteiger partial charge >= 0.3 is 50.2 Å². The molecule has 1 aromatic carbocycles. The minimum atomic E-state index is -4.92. The summed E-state index contributed by atoms with van der Waals surface area (Å²) in [5.74, 6) is -1.07. The van der Waals surface area contributed by atoms with Crippen LogP contribution in [0.1, 0.15) is 11.1 Å². The van der Waals surface area contributed by atoms with E-state index in [0.717, 1.165) is 0 Å². The Morgan fingerprint density at radius 2 is 1.11 bits per heavy atom. The summed E-state index contributed by atoms with van der Waals surface area (Å²) in [6, 6.07) is 0.407. The first-order valence-corrected chi connectivity index (χ1v) is 10.3. The molecule has 0 fully saturated rings. The van der Waals surface area contributed by atoms with Gasteiger partial charge in [-0.25, -0.2) is 0 Å². The predicted molar refractivity (Wildman–Crippen MR) is 49.8 cm³/mol. The molecule has 0 spiro atoms. The molecular formula is C8H4Cl2F6OZr. The molecule has 0 aliphatic heterocycles. The van der Waals surface area contributed by atoms with Crippen molar-refractivity contribution in [3.05, 3.63) is 29.3 Å². The van der Waals surface area contributed by atoms with Crippen molar-refractivity contribution < 1.29 is 52.3 Å². The van der Waals surface area contributed by atoms with E-state index in [-0.39, 0.29) is 18.2 Å². The fraction of sp³-hybridized carbons (Fsp3) is 0.250. The van der Waals surface area contributed by atoms with Gasteiger partial charge in [-0.05, 0) is 18.2 Å². The molecule has 1 nitrogen and oxygen atoms in total. The Morgan fingerprint density at radius 1 is 0.833 bits per heavy atom. The number of alkyl halides is 6. The SMILES string of the molecule is Oc1cc(C(F)(F)F)cc(C(F)(F)F)c1.[Cl][Zr][Cl]. The first-order valence-electron chi connectivity index (χ1n) is 3.97. The summed E-state index contributed by atoms with van der Waals surface area (Å²) in [7, 11) is 9.87. The molecule has 102 valence electrons. The average Bonchev–Trinajstić information content (AvgIpc) is 2.15. The molecular weight excluding hydrogens is 388 g/mol. The molecule has 18 heavy (non-hydrogen) atoms. The summed E-state index contributed by atoms with van der Waals surface area (Å²) in [5.41, 5.74) is -3.07. The second-order valence-electron chi connectivity index (χ2n) is 2.84. The van der Waals surface area contributed by atoms with Crippen LogP contribution < -0.4 is 0 Å². The molecule has 0 saturated heterocycles. The maximum absolute atomic E-state index is 12.1. The zero-order valence-electron chi connectivity index (χ0n) is 8.20. The van der Waals surface area contributed by atoms with Gasteiger partial charge < -0.3 is 5.11 Å². The summed E-state index contributed by atoms with van der Waals surface area (Å²) in [5, 5.41) is 8.72. The van der Waals surface area contributed by atoms with Crippen molar-refractivity contribution in [2.75, 3.05) is 0 Å². The molecule has 0 saturated carbocycles. The average molecular weight is 392 g/mol. The quantitative estimate of drug-likeness (QED) is 0.629. The summed E-state index contributed by atoms with van der Waals surface area (Å²) >= 11 is -0.826. The van der Waals surface area contributed by atoms with Gasteiger partial charge in [0.05, 0.1) is 11.1 Å². The number of benzene rings is 1. The van der Waals surface area contributed by atoms with Crippen LogP contribution in [0, 0.1) is 0 Å². The van der Waals surface area contributed by atoms with Gasteiger partial charge in [0.2, 0.25) is 0 Å². The van der Waals surface area contributed by atoms with Crippen LogP contribution >= 0.6 is 17.0 Å². The maximum atomic E-state index is 12.1. The number of rotatable bonds is 0. The number of halogens is 8. The number of hydrogen-bond acceptors (Lipinski definition) is 1. The van der Waals surface area contributed by atoms with Crippen molar-refractivity contribution in [1.82, 2.24) is 0 Å².